The third-order valence-corrected chi connectivity index (χ3v) is 5.47. The van der Waals surface area contributed by atoms with Crippen LogP contribution in [-0.2, 0) is 11.3 Å². The Balaban J connectivity index is 1.70. The third-order valence-electron chi connectivity index (χ3n) is 4.45. The van der Waals surface area contributed by atoms with Crippen molar-refractivity contribution >= 4 is 29.5 Å². The Kier molecular flexibility index (Phi) is 6.61. The molecule has 0 spiro atoms. The van der Waals surface area contributed by atoms with E-state index in [-0.39, 0.29) is 18.5 Å². The minimum Gasteiger partial charge on any atom is -0.497 e. The number of carbonyl (C=O) groups is 1. The molecule has 0 aliphatic rings. The van der Waals surface area contributed by atoms with Crippen LogP contribution >= 0.6 is 23.6 Å². The Bertz CT molecular complexity index is 961. The molecule has 0 aliphatic heterocycles. The molecule has 2 aromatic heterocycles. The Morgan fingerprint density at radius 2 is 2.11 bits per heavy atom. The molecule has 1 atom stereocenters. The first kappa shape index (κ1) is 20.2. The van der Waals surface area contributed by atoms with Gasteiger partial charge in [-0.15, -0.1) is 0 Å². The molecule has 3 aromatic rings. The van der Waals surface area contributed by atoms with Crippen molar-refractivity contribution in [3.05, 3.63) is 51.4 Å². The van der Waals surface area contributed by atoms with Gasteiger partial charge in [0.05, 0.1) is 13.2 Å². The van der Waals surface area contributed by atoms with E-state index in [0.29, 0.717) is 17.1 Å². The fourth-order valence-electron chi connectivity index (χ4n) is 2.90. The maximum Gasteiger partial charge on any atom is 0.240 e. The lowest BCUT2D eigenvalue weighted by molar-refractivity contribution is -0.121. The van der Waals surface area contributed by atoms with Gasteiger partial charge in [-0.05, 0) is 73.0 Å². The number of nitrogens with zero attached hydrogens (tertiary/aromatic N) is 3. The highest BCUT2D eigenvalue weighted by Gasteiger charge is 2.17. The number of hydrogen-bond donors (Lipinski definition) is 2. The molecule has 0 bridgehead atoms. The van der Waals surface area contributed by atoms with Gasteiger partial charge in [0.15, 0.2) is 10.6 Å². The molecule has 2 heterocycles. The maximum atomic E-state index is 12.6. The first-order valence-corrected chi connectivity index (χ1v) is 10.1. The molecule has 28 heavy (non-hydrogen) atoms. The van der Waals surface area contributed by atoms with E-state index in [2.05, 4.69) is 31.9 Å². The SMILES string of the molecule is COc1ccc(-c2n[nH]c(=S)n2CC(=O)NCC(c2ccsc2)N(C)C)cc1. The molecule has 0 aliphatic carbocycles. The number of nitrogens with one attached hydrogen (secondary N) is 2. The minimum absolute atomic E-state index is 0.0977. The van der Waals surface area contributed by atoms with Crippen LogP contribution in [0.3, 0.4) is 0 Å². The van der Waals surface area contributed by atoms with Crippen LogP contribution in [0.5, 0.6) is 5.75 Å². The summed E-state index contributed by atoms with van der Waals surface area (Å²) in [5, 5.41) is 14.2. The van der Waals surface area contributed by atoms with E-state index in [1.54, 1.807) is 23.0 Å². The van der Waals surface area contributed by atoms with Crippen LogP contribution in [0.15, 0.2) is 41.1 Å². The molecule has 0 fully saturated rings. The van der Waals surface area contributed by atoms with Crippen LogP contribution in [0.4, 0.5) is 0 Å². The van der Waals surface area contributed by atoms with Crippen molar-refractivity contribution < 1.29 is 9.53 Å². The molecule has 3 rings (SSSR count). The van der Waals surface area contributed by atoms with Gasteiger partial charge in [0.25, 0.3) is 0 Å². The number of likely N-dealkylation sites (N-methyl/N-ethyl adjacent to an activating group) is 1. The summed E-state index contributed by atoms with van der Waals surface area (Å²) in [6.07, 6.45) is 0. The van der Waals surface area contributed by atoms with Crippen molar-refractivity contribution in [2.45, 2.75) is 12.6 Å². The van der Waals surface area contributed by atoms with Gasteiger partial charge in [0.2, 0.25) is 5.91 Å². The number of benzene rings is 1. The Morgan fingerprint density at radius 1 is 1.36 bits per heavy atom. The number of H-pyrrole nitrogens is 1. The highest BCUT2D eigenvalue weighted by atomic mass is 32.1. The summed E-state index contributed by atoms with van der Waals surface area (Å²) in [6, 6.07) is 9.66. The fraction of sp³-hybridized carbons (Fsp3) is 0.316. The Morgan fingerprint density at radius 3 is 2.71 bits per heavy atom. The van der Waals surface area contributed by atoms with E-state index >= 15 is 0 Å². The number of thiophene rings is 1. The summed E-state index contributed by atoms with van der Waals surface area (Å²) in [5.41, 5.74) is 2.04. The smallest absolute Gasteiger partial charge is 0.240 e. The second-order valence-electron chi connectivity index (χ2n) is 6.51. The average Bonchev–Trinajstić information content (AvgIpc) is 3.33. The summed E-state index contributed by atoms with van der Waals surface area (Å²) >= 11 is 6.96. The Hall–Kier alpha value is -2.49. The molecule has 0 radical (unpaired) electrons. The molecule has 0 saturated carbocycles. The first-order chi connectivity index (χ1) is 13.5. The summed E-state index contributed by atoms with van der Waals surface area (Å²) in [7, 11) is 5.62. The quantitative estimate of drug-likeness (QED) is 0.551. The second-order valence-corrected chi connectivity index (χ2v) is 7.67. The molecule has 148 valence electrons. The minimum atomic E-state index is -0.116. The predicted molar refractivity (Wildman–Crippen MR) is 113 cm³/mol. The average molecular weight is 418 g/mol. The van der Waals surface area contributed by atoms with Crippen LogP contribution in [0.2, 0.25) is 0 Å². The van der Waals surface area contributed by atoms with E-state index in [9.17, 15) is 4.79 Å². The normalized spacial score (nSPS) is 12.1. The van der Waals surface area contributed by atoms with Crippen LogP contribution < -0.4 is 10.1 Å². The van der Waals surface area contributed by atoms with E-state index in [1.807, 2.05) is 43.7 Å². The van der Waals surface area contributed by atoms with Crippen LogP contribution in [0.1, 0.15) is 11.6 Å². The van der Waals surface area contributed by atoms with Crippen molar-refractivity contribution in [2.24, 2.45) is 0 Å². The third kappa shape index (κ3) is 4.67. The van der Waals surface area contributed by atoms with Gasteiger partial charge in [0.1, 0.15) is 12.3 Å². The van der Waals surface area contributed by atoms with Crippen molar-refractivity contribution in [1.82, 2.24) is 25.0 Å². The number of aromatic amines is 1. The van der Waals surface area contributed by atoms with Crippen molar-refractivity contribution in [2.75, 3.05) is 27.7 Å². The van der Waals surface area contributed by atoms with Gasteiger partial charge >= 0.3 is 0 Å². The van der Waals surface area contributed by atoms with Crippen molar-refractivity contribution in [3.63, 3.8) is 0 Å². The summed E-state index contributed by atoms with van der Waals surface area (Å²) in [6.45, 7) is 0.617. The van der Waals surface area contributed by atoms with Crippen LogP contribution in [-0.4, -0.2) is 53.3 Å². The van der Waals surface area contributed by atoms with Crippen molar-refractivity contribution in [3.8, 4) is 17.1 Å². The number of aromatic nitrogens is 3. The van der Waals surface area contributed by atoms with Gasteiger partial charge < -0.3 is 15.0 Å². The fourth-order valence-corrected chi connectivity index (χ4v) is 3.80. The molecular weight excluding hydrogens is 394 g/mol. The monoisotopic (exact) mass is 417 g/mol. The zero-order valence-electron chi connectivity index (χ0n) is 16.0. The number of amides is 1. The number of carbonyl (C=O) groups excluding carboxylic acids is 1. The van der Waals surface area contributed by atoms with Gasteiger partial charge in [-0.3, -0.25) is 14.5 Å². The maximum absolute atomic E-state index is 12.6. The van der Waals surface area contributed by atoms with E-state index < -0.39 is 0 Å². The molecule has 1 aromatic carbocycles. The molecule has 9 heteroatoms. The predicted octanol–water partition coefficient (Wildman–Crippen LogP) is 3.10. The van der Waals surface area contributed by atoms with Gasteiger partial charge in [0, 0.05) is 12.1 Å². The van der Waals surface area contributed by atoms with Crippen LogP contribution in [0, 0.1) is 4.77 Å². The number of hydrogen-bond acceptors (Lipinski definition) is 6. The molecular formula is C19H23N5O2S2. The van der Waals surface area contributed by atoms with Gasteiger partial charge in [-0.25, -0.2) is 0 Å². The molecule has 1 unspecified atom stereocenters. The second kappa shape index (κ2) is 9.13. The molecule has 1 amide bonds. The molecule has 2 N–H and O–H groups in total. The lowest BCUT2D eigenvalue weighted by atomic mass is 10.1. The zero-order valence-corrected chi connectivity index (χ0v) is 17.6. The van der Waals surface area contributed by atoms with Gasteiger partial charge in [-0.1, -0.05) is 0 Å². The van der Waals surface area contributed by atoms with Crippen LogP contribution in [0.25, 0.3) is 11.4 Å². The number of ether oxygens (including phenoxy) is 1. The Labute approximate surface area is 173 Å². The van der Waals surface area contributed by atoms with E-state index in [0.717, 1.165) is 11.3 Å². The zero-order chi connectivity index (χ0) is 20.1. The van der Waals surface area contributed by atoms with E-state index in [1.165, 1.54) is 5.56 Å². The summed E-state index contributed by atoms with van der Waals surface area (Å²) in [4.78, 5) is 14.7. The summed E-state index contributed by atoms with van der Waals surface area (Å²) in [5.74, 6) is 1.25. The summed E-state index contributed by atoms with van der Waals surface area (Å²) < 4.78 is 7.29. The topological polar surface area (TPSA) is 75.2 Å². The first-order valence-electron chi connectivity index (χ1n) is 8.74. The molecule has 7 nitrogen and oxygen atoms in total. The lowest BCUT2D eigenvalue weighted by Crippen LogP contribution is -2.36. The van der Waals surface area contributed by atoms with Gasteiger partial charge in [-0.2, -0.15) is 16.4 Å². The standard InChI is InChI=1S/C19H23N5O2S2/c1-23(2)16(14-8-9-28-12-14)10-20-17(25)11-24-18(21-22-19(24)27)13-4-6-15(26-3)7-5-13/h4-9,12,16H,10-11H2,1-3H3,(H,20,25)(H,22,27). The molecule has 0 saturated heterocycles. The lowest BCUT2D eigenvalue weighted by Gasteiger charge is -2.24. The largest absolute Gasteiger partial charge is 0.497 e. The number of methoxy groups -OCH3 is 1. The van der Waals surface area contributed by atoms with Crippen molar-refractivity contribution in [1.29, 1.82) is 0 Å². The number of rotatable bonds is 8. The highest BCUT2D eigenvalue weighted by Crippen LogP contribution is 2.22. The highest BCUT2D eigenvalue weighted by molar-refractivity contribution is 7.71. The van der Waals surface area contributed by atoms with E-state index in [4.69, 9.17) is 17.0 Å².